The number of carbonyl (C=O) groups is 1. The first-order chi connectivity index (χ1) is 35.5. The highest BCUT2D eigenvalue weighted by atomic mass is 16.6. The highest BCUT2D eigenvalue weighted by Crippen LogP contribution is 2.37. The Kier molecular flexibility index (Phi) is 13.8. The maximum atomic E-state index is 11.8. The Morgan fingerprint density at radius 1 is 0.507 bits per heavy atom. The van der Waals surface area contributed by atoms with Gasteiger partial charge in [0, 0.05) is 99.2 Å². The number of hydrogen-bond donors (Lipinski definition) is 2. The van der Waals surface area contributed by atoms with Crippen LogP contribution in [-0.4, -0.2) is 51.4 Å². The van der Waals surface area contributed by atoms with Crippen molar-refractivity contribution in [1.82, 2.24) is 15.0 Å². The summed E-state index contributed by atoms with van der Waals surface area (Å²) in [5.41, 5.74) is 10.4. The highest BCUT2D eigenvalue weighted by molar-refractivity contribution is 6.00. The van der Waals surface area contributed by atoms with E-state index >= 15 is 0 Å². The summed E-state index contributed by atoms with van der Waals surface area (Å²) in [5.74, 6) is 3.91. The van der Waals surface area contributed by atoms with Crippen LogP contribution < -0.4 is 15.2 Å². The lowest BCUT2D eigenvalue weighted by atomic mass is 10.1. The van der Waals surface area contributed by atoms with Crippen LogP contribution in [-0.2, 0) is 9.53 Å². The first-order valence-electron chi connectivity index (χ1n) is 24.0. The molecule has 0 aliphatic heterocycles. The van der Waals surface area contributed by atoms with Crippen LogP contribution >= 0.6 is 0 Å². The number of pyridine rings is 3. The predicted octanol–water partition coefficient (Wildman–Crippen LogP) is 14.5. The molecule has 0 bridgehead atoms. The number of nitrogens with two attached hydrogens (primary N) is 1. The van der Waals surface area contributed by atoms with Gasteiger partial charge in [0.2, 0.25) is 0 Å². The number of furan rings is 3. The number of para-hydroxylation sites is 3. The number of phenolic OH excluding ortho intramolecular Hbond substituents is 1. The molecule has 0 radical (unpaired) electrons. The molecule has 12 nitrogen and oxygen atoms in total. The lowest BCUT2D eigenvalue weighted by Crippen LogP contribution is -2.23. The third-order valence-corrected chi connectivity index (χ3v) is 11.9. The van der Waals surface area contributed by atoms with Gasteiger partial charge in [-0.15, -0.1) is 0 Å². The van der Waals surface area contributed by atoms with Gasteiger partial charge in [0.25, 0.3) is 0 Å². The van der Waals surface area contributed by atoms with Crippen molar-refractivity contribution in [3.63, 3.8) is 0 Å². The quantitative estimate of drug-likeness (QED) is 0.0930. The fourth-order valence-corrected chi connectivity index (χ4v) is 8.53. The minimum absolute atomic E-state index is 0.206. The highest BCUT2D eigenvalue weighted by Gasteiger charge is 2.17. The van der Waals surface area contributed by atoms with Gasteiger partial charge in [-0.2, -0.15) is 0 Å². The Morgan fingerprint density at radius 2 is 0.918 bits per heavy atom. The summed E-state index contributed by atoms with van der Waals surface area (Å²) < 4.78 is 34.7. The molecule has 0 unspecified atom stereocenters. The van der Waals surface area contributed by atoms with Gasteiger partial charge >= 0.3 is 5.97 Å². The lowest BCUT2D eigenvalue weighted by molar-refractivity contribution is -0.155. The minimum atomic E-state index is -0.461. The van der Waals surface area contributed by atoms with Crippen molar-refractivity contribution in [2.75, 3.05) is 19.8 Å². The number of carbonyl (C=O) groups excluding carboxylic acids is 1. The number of esters is 1. The van der Waals surface area contributed by atoms with E-state index in [4.69, 9.17) is 33.2 Å². The van der Waals surface area contributed by atoms with E-state index in [1.165, 1.54) is 0 Å². The Morgan fingerprint density at radius 3 is 1.34 bits per heavy atom. The van der Waals surface area contributed by atoms with Crippen LogP contribution in [0.4, 0.5) is 0 Å². The van der Waals surface area contributed by atoms with E-state index in [2.05, 4.69) is 15.0 Å². The van der Waals surface area contributed by atoms with Crippen LogP contribution in [0.25, 0.3) is 99.2 Å². The predicted molar refractivity (Wildman–Crippen MR) is 288 cm³/mol. The molecule has 0 saturated carbocycles. The molecule has 0 atom stereocenters. The zero-order valence-electron chi connectivity index (χ0n) is 40.6. The molecule has 12 heteroatoms. The van der Waals surface area contributed by atoms with Crippen molar-refractivity contribution in [1.29, 1.82) is 0 Å². The number of benzene rings is 6. The van der Waals surface area contributed by atoms with E-state index in [9.17, 15) is 9.90 Å². The second-order valence-electron chi connectivity index (χ2n) is 18.4. The van der Waals surface area contributed by atoms with Crippen molar-refractivity contribution >= 4 is 71.2 Å². The molecule has 6 heterocycles. The average Bonchev–Trinajstić information content (AvgIpc) is 4.16. The molecule has 0 saturated heterocycles. The molecule has 0 fully saturated rings. The lowest BCUT2D eigenvalue weighted by Gasteiger charge is -2.19. The first-order valence-corrected chi connectivity index (χ1v) is 24.0. The number of rotatable bonds is 11. The monoisotopic (exact) mass is 968 g/mol. The van der Waals surface area contributed by atoms with E-state index in [0.29, 0.717) is 32.6 Å². The molecule has 0 aliphatic carbocycles. The van der Waals surface area contributed by atoms with Gasteiger partial charge in [-0.05, 0) is 134 Å². The Labute approximate surface area is 420 Å². The van der Waals surface area contributed by atoms with Crippen molar-refractivity contribution in [3.8, 4) is 51.2 Å². The third kappa shape index (κ3) is 11.1. The normalized spacial score (nSPS) is 11.4. The number of hydrogen-bond acceptors (Lipinski definition) is 12. The van der Waals surface area contributed by atoms with Gasteiger partial charge in [0.1, 0.15) is 63.5 Å². The van der Waals surface area contributed by atoms with Crippen molar-refractivity contribution in [3.05, 3.63) is 183 Å². The van der Waals surface area contributed by atoms with Crippen molar-refractivity contribution in [2.45, 2.75) is 39.2 Å². The van der Waals surface area contributed by atoms with Gasteiger partial charge < -0.3 is 38.3 Å². The molecule has 364 valence electrons. The zero-order valence-corrected chi connectivity index (χ0v) is 40.6. The van der Waals surface area contributed by atoms with Crippen molar-refractivity contribution < 1.29 is 37.4 Å². The summed E-state index contributed by atoms with van der Waals surface area (Å²) in [6.45, 7) is 7.03. The fraction of sp³-hybridized carbons (Fsp3) is 0.148. The molecular weight excluding hydrogens is 917 g/mol. The van der Waals surface area contributed by atoms with Gasteiger partial charge in [-0.3, -0.25) is 19.7 Å². The molecule has 3 N–H and O–H groups in total. The van der Waals surface area contributed by atoms with Gasteiger partial charge in [0.05, 0.1) is 6.61 Å². The first kappa shape index (κ1) is 47.7. The molecule has 0 amide bonds. The molecular formula is C61H52N4O8. The summed E-state index contributed by atoms with van der Waals surface area (Å²) >= 11 is 0. The molecule has 0 aliphatic rings. The van der Waals surface area contributed by atoms with Crippen LogP contribution in [0.3, 0.4) is 0 Å². The van der Waals surface area contributed by atoms with E-state index in [1.807, 2.05) is 179 Å². The molecule has 12 rings (SSSR count). The maximum Gasteiger partial charge on any atom is 0.306 e. The number of phenols is 1. The van der Waals surface area contributed by atoms with E-state index in [1.54, 1.807) is 24.5 Å². The second kappa shape index (κ2) is 21.2. The van der Waals surface area contributed by atoms with E-state index in [0.717, 1.165) is 111 Å². The summed E-state index contributed by atoms with van der Waals surface area (Å²) in [6.07, 6.45) is 11.8. The van der Waals surface area contributed by atoms with Crippen LogP contribution in [0.2, 0.25) is 0 Å². The minimum Gasteiger partial charge on any atom is -0.508 e. The molecule has 73 heavy (non-hydrogen) atoms. The summed E-state index contributed by atoms with van der Waals surface area (Å²) in [4.78, 5) is 24.8. The summed E-state index contributed by atoms with van der Waals surface area (Å²) in [7, 11) is 0. The Balaban J connectivity index is 0.000000128. The largest absolute Gasteiger partial charge is 0.508 e. The Bertz CT molecular complexity index is 3790. The molecule has 6 aromatic heterocycles. The van der Waals surface area contributed by atoms with Gasteiger partial charge in [0.15, 0.2) is 0 Å². The van der Waals surface area contributed by atoms with Gasteiger partial charge in [-0.25, -0.2) is 0 Å². The van der Waals surface area contributed by atoms with Crippen LogP contribution in [0.1, 0.15) is 33.6 Å². The zero-order chi connectivity index (χ0) is 50.3. The summed E-state index contributed by atoms with van der Waals surface area (Å²) in [6, 6.07) is 46.9. The van der Waals surface area contributed by atoms with Gasteiger partial charge in [-0.1, -0.05) is 54.6 Å². The third-order valence-electron chi connectivity index (χ3n) is 11.9. The smallest absolute Gasteiger partial charge is 0.306 e. The SMILES string of the molecule is CC(C)(C)OC(=O)CCCOc1ccc2cncc(-c3cc4ccccc4o3)c2c1.NCCOc1ccc2cncc(-c3cc4ccccc4o3)c2c1.Oc1ccc2cncc(-c3cc4ccccc4o3)c2c1. The Hall–Kier alpha value is -9.00. The number of ether oxygens (including phenoxy) is 3. The van der Waals surface area contributed by atoms with Crippen LogP contribution in [0.5, 0.6) is 17.2 Å². The van der Waals surface area contributed by atoms with Crippen LogP contribution in [0.15, 0.2) is 196 Å². The molecule has 0 spiro atoms. The summed E-state index contributed by atoms with van der Waals surface area (Å²) in [5, 5.41) is 18.9. The number of fused-ring (bicyclic) bond motifs is 6. The average molecular weight is 969 g/mol. The molecule has 6 aromatic carbocycles. The fourth-order valence-electron chi connectivity index (χ4n) is 8.53. The van der Waals surface area contributed by atoms with E-state index < -0.39 is 5.60 Å². The topological polar surface area (TPSA) is 169 Å². The maximum absolute atomic E-state index is 11.8. The number of aromatic nitrogens is 3. The number of aromatic hydroxyl groups is 1. The van der Waals surface area contributed by atoms with Crippen molar-refractivity contribution in [2.24, 2.45) is 5.73 Å². The van der Waals surface area contributed by atoms with Crippen LogP contribution in [0, 0.1) is 0 Å². The van der Waals surface area contributed by atoms with E-state index in [-0.39, 0.29) is 11.7 Å². The molecule has 12 aromatic rings. The standard InChI is InChI=1S/C25H25NO4.C19H16N2O2.C17H11NO2/c1-25(2,3)30-24(27)9-6-12-28-19-11-10-18-15-26-16-21(20(18)14-19)23-13-17-7-4-5-8-22(17)29-23;20-7-8-22-15-6-5-14-11-21-12-17(16(14)10-15)19-9-13-3-1-2-4-18(13)23-19;19-13-6-5-12-9-18-10-15(14(12)8-13)17-7-11-3-1-2-4-16(11)20-17/h4-5,7-8,10-11,13-16H,6,9,12H2,1-3H3;1-6,9-12H,7-8,20H2;1-10,19H. The number of nitrogens with zero attached hydrogens (tertiary/aromatic N) is 3. The second-order valence-corrected chi connectivity index (χ2v) is 18.4.